The third kappa shape index (κ3) is 3.76. The van der Waals surface area contributed by atoms with E-state index in [0.29, 0.717) is 0 Å². The highest BCUT2D eigenvalue weighted by Gasteiger charge is 1.64. The summed E-state index contributed by atoms with van der Waals surface area (Å²) in [6, 6.07) is 0. The first kappa shape index (κ1) is 4.76. The van der Waals surface area contributed by atoms with E-state index < -0.39 is 5.90 Å². The van der Waals surface area contributed by atoms with Crippen molar-refractivity contribution in [2.24, 2.45) is 0 Å². The first-order chi connectivity index (χ1) is 2.27. The van der Waals surface area contributed by atoms with Gasteiger partial charge in [0.2, 0.25) is 0 Å². The lowest BCUT2D eigenvalue weighted by Gasteiger charge is -1.90. The van der Waals surface area contributed by atoms with Gasteiger partial charge in [0.15, 0.2) is 0 Å². The smallest absolute Gasteiger partial charge is 0.0570 e. The maximum absolute atomic E-state index is 7.70. The van der Waals surface area contributed by atoms with Crippen molar-refractivity contribution in [2.45, 2.75) is 0 Å². The molecule has 0 fully saturated rings. The van der Waals surface area contributed by atoms with Gasteiger partial charge in [-0.15, -0.1) is 11.6 Å². The van der Waals surface area contributed by atoms with Gasteiger partial charge in [0, 0.05) is 0 Å². The average molecular weight is 92.5 g/mol. The maximum Gasteiger partial charge on any atom is 0.0570 e. The summed E-state index contributed by atoms with van der Waals surface area (Å²) in [4.78, 5) is 0. The summed E-state index contributed by atoms with van der Waals surface area (Å²) >= 11 is 4.80. The standard InChI is InChI=1S/C2H3ClNO/c3-1-2(4)5/h1H2,(H-,4,5)/q-1. The Morgan fingerprint density at radius 2 is 2.20 bits per heavy atom. The topological polar surface area (TPSA) is 42.5 Å². The largest absolute Gasteiger partial charge is 0.774 e. The Morgan fingerprint density at radius 3 is 2.20 bits per heavy atom. The summed E-state index contributed by atoms with van der Waals surface area (Å²) < 4.78 is 0. The van der Waals surface area contributed by atoms with Crippen molar-refractivity contribution < 1.29 is 5.11 Å². The van der Waals surface area contributed by atoms with E-state index in [1.807, 2.05) is 0 Å². The van der Waals surface area contributed by atoms with Crippen LogP contribution in [-0.4, -0.2) is 16.9 Å². The van der Waals surface area contributed by atoms with Gasteiger partial charge in [0.1, 0.15) is 0 Å². The third-order valence-corrected chi connectivity index (χ3v) is 0.359. The highest BCUT2D eigenvalue weighted by Crippen LogP contribution is 1.69. The van der Waals surface area contributed by atoms with E-state index in [-0.39, 0.29) is 5.88 Å². The third-order valence-electron chi connectivity index (χ3n) is 0.120. The highest BCUT2D eigenvalue weighted by molar-refractivity contribution is 6.27. The molecule has 0 saturated heterocycles. The first-order valence-electron chi connectivity index (χ1n) is 1.07. The van der Waals surface area contributed by atoms with Crippen molar-refractivity contribution >= 4 is 17.5 Å². The zero-order valence-electron chi connectivity index (χ0n) is 2.48. The van der Waals surface area contributed by atoms with Crippen molar-refractivity contribution in [3.8, 4) is 0 Å². The molecule has 30 valence electrons. The van der Waals surface area contributed by atoms with Crippen LogP contribution in [0.25, 0.3) is 5.41 Å². The van der Waals surface area contributed by atoms with Crippen LogP contribution in [0, 0.1) is 0 Å². The number of alkyl halides is 1. The monoisotopic (exact) mass is 92.0 g/mol. The molecule has 0 atom stereocenters. The fourth-order valence-electron chi connectivity index (χ4n) is 0. The molecule has 1 N–H and O–H groups in total. The molecule has 0 heterocycles. The Morgan fingerprint density at radius 1 is 2.00 bits per heavy atom. The minimum atomic E-state index is -0.730. The summed E-state index contributed by atoms with van der Waals surface area (Å²) in [5.41, 5.74) is 0. The van der Waals surface area contributed by atoms with Crippen molar-refractivity contribution in [3.05, 3.63) is 5.41 Å². The van der Waals surface area contributed by atoms with Gasteiger partial charge >= 0.3 is 0 Å². The summed E-state index contributed by atoms with van der Waals surface area (Å²) in [6.45, 7) is 0. The number of halogens is 1. The van der Waals surface area contributed by atoms with Crippen molar-refractivity contribution in [3.63, 3.8) is 0 Å². The Kier molecular flexibility index (Phi) is 1.93. The van der Waals surface area contributed by atoms with E-state index in [0.717, 1.165) is 0 Å². The lowest BCUT2D eigenvalue weighted by molar-refractivity contribution is 0.559. The number of hydrogen-bond acceptors (Lipinski definition) is 0. The van der Waals surface area contributed by atoms with Crippen LogP contribution in [0.5, 0.6) is 0 Å². The normalized spacial score (nSPS) is 7.40. The SMILES string of the molecule is [N-]=C(O)CCl. The second-order valence-electron chi connectivity index (χ2n) is 0.550. The molecule has 0 bridgehead atoms. The summed E-state index contributed by atoms with van der Waals surface area (Å²) in [6.07, 6.45) is 0. The molecule has 0 aromatic heterocycles. The quantitative estimate of drug-likeness (QED) is 0.290. The van der Waals surface area contributed by atoms with E-state index in [9.17, 15) is 0 Å². The summed E-state index contributed by atoms with van der Waals surface area (Å²) in [5.74, 6) is -0.924. The van der Waals surface area contributed by atoms with Crippen LogP contribution in [0.15, 0.2) is 0 Å². The number of nitrogens with zero attached hydrogens (tertiary/aromatic N) is 1. The molecule has 0 aliphatic heterocycles. The zero-order valence-corrected chi connectivity index (χ0v) is 3.24. The Balaban J connectivity index is 2.85. The predicted molar refractivity (Wildman–Crippen MR) is 21.7 cm³/mol. The van der Waals surface area contributed by atoms with Gasteiger partial charge in [-0.05, 0) is 5.90 Å². The van der Waals surface area contributed by atoms with Crippen LogP contribution in [0.3, 0.4) is 0 Å². The van der Waals surface area contributed by atoms with Gasteiger partial charge in [-0.3, -0.25) is 0 Å². The number of aliphatic hydroxyl groups is 1. The Bertz CT molecular complexity index is 44.9. The molecule has 0 saturated carbocycles. The molecule has 0 aliphatic carbocycles. The number of hydrogen-bond donors (Lipinski definition) is 1. The van der Waals surface area contributed by atoms with Crippen molar-refractivity contribution in [1.29, 1.82) is 0 Å². The van der Waals surface area contributed by atoms with Gasteiger partial charge in [0.05, 0.1) is 5.88 Å². The molecule has 2 nitrogen and oxygen atoms in total. The lowest BCUT2D eigenvalue weighted by atomic mass is 10.8. The van der Waals surface area contributed by atoms with Crippen molar-refractivity contribution in [2.75, 3.05) is 5.88 Å². The van der Waals surface area contributed by atoms with Gasteiger partial charge in [-0.2, -0.15) is 0 Å². The second-order valence-corrected chi connectivity index (χ2v) is 0.817. The first-order valence-corrected chi connectivity index (χ1v) is 1.60. The molecule has 0 radical (unpaired) electrons. The summed E-state index contributed by atoms with van der Waals surface area (Å²) in [7, 11) is 0. The van der Waals surface area contributed by atoms with Gasteiger partial charge in [0.25, 0.3) is 0 Å². The maximum atomic E-state index is 7.70. The number of rotatable bonds is 1. The summed E-state index contributed by atoms with van der Waals surface area (Å²) in [5, 5.41) is 15.4. The Labute approximate surface area is 34.9 Å². The Hall–Kier alpha value is -0.240. The van der Waals surface area contributed by atoms with Crippen LogP contribution < -0.4 is 0 Å². The average Bonchev–Trinajstić information content (AvgIpc) is 1.38. The number of aliphatic hydroxyl groups excluding tert-OH is 1. The van der Waals surface area contributed by atoms with Gasteiger partial charge < -0.3 is 10.5 Å². The minimum absolute atomic E-state index is 0.194. The van der Waals surface area contributed by atoms with E-state index in [1.165, 1.54) is 0 Å². The lowest BCUT2D eigenvalue weighted by Crippen LogP contribution is -1.89. The van der Waals surface area contributed by atoms with Gasteiger partial charge in [-0.1, -0.05) is 0 Å². The highest BCUT2D eigenvalue weighted by atomic mass is 35.5. The van der Waals surface area contributed by atoms with E-state index in [1.54, 1.807) is 0 Å². The van der Waals surface area contributed by atoms with E-state index in [2.05, 4.69) is 0 Å². The van der Waals surface area contributed by atoms with Crippen LogP contribution in [-0.2, 0) is 0 Å². The molecule has 0 rings (SSSR count). The molecule has 0 unspecified atom stereocenters. The minimum Gasteiger partial charge on any atom is -0.774 e. The van der Waals surface area contributed by atoms with Crippen LogP contribution >= 0.6 is 11.6 Å². The van der Waals surface area contributed by atoms with Gasteiger partial charge in [-0.25, -0.2) is 0 Å². The fourth-order valence-corrected chi connectivity index (χ4v) is 0. The van der Waals surface area contributed by atoms with E-state index >= 15 is 0 Å². The molecule has 3 heteroatoms. The van der Waals surface area contributed by atoms with Crippen LogP contribution in [0.4, 0.5) is 0 Å². The van der Waals surface area contributed by atoms with E-state index in [4.69, 9.17) is 22.1 Å². The van der Waals surface area contributed by atoms with Crippen molar-refractivity contribution in [1.82, 2.24) is 0 Å². The van der Waals surface area contributed by atoms with Crippen LogP contribution in [0.1, 0.15) is 0 Å². The molecular weight excluding hydrogens is 89.5 g/mol. The fraction of sp³-hybridized carbons (Fsp3) is 0.500. The molecule has 0 spiro atoms. The molecule has 0 amide bonds. The molecule has 5 heavy (non-hydrogen) atoms. The molecule has 0 aromatic rings. The second kappa shape index (κ2) is 2.03. The molecular formula is C2H3ClNO-. The molecule has 0 aromatic carbocycles. The van der Waals surface area contributed by atoms with Crippen LogP contribution in [0.2, 0.25) is 0 Å². The molecule has 0 aliphatic rings. The predicted octanol–water partition coefficient (Wildman–Crippen LogP) is 0.751. The zero-order chi connectivity index (χ0) is 4.28.